The molecule has 0 radical (unpaired) electrons. The smallest absolute Gasteiger partial charge is 0.115 e. The summed E-state index contributed by atoms with van der Waals surface area (Å²) in [7, 11) is 0. The summed E-state index contributed by atoms with van der Waals surface area (Å²) in [4.78, 5) is 0. The zero-order chi connectivity index (χ0) is 41.8. The van der Waals surface area contributed by atoms with E-state index in [1.165, 1.54) is 0 Å². The highest BCUT2D eigenvalue weighted by molar-refractivity contribution is 5.15. The number of hydrogen-bond acceptors (Lipinski definition) is 15. The molecule has 6 bridgehead atoms. The number of fused-ring (bicyclic) bond motifs is 6. The van der Waals surface area contributed by atoms with Crippen molar-refractivity contribution in [2.24, 2.45) is 0 Å². The second-order valence-electron chi connectivity index (χ2n) is 16.3. The van der Waals surface area contributed by atoms with Crippen LogP contribution in [0.3, 0.4) is 0 Å². The maximum Gasteiger partial charge on any atom is 0.115 e. The van der Waals surface area contributed by atoms with Crippen LogP contribution in [0.25, 0.3) is 0 Å². The molecule has 0 spiro atoms. The predicted molar refractivity (Wildman–Crippen MR) is 220 cm³/mol. The van der Waals surface area contributed by atoms with Crippen molar-refractivity contribution >= 4 is 0 Å². The van der Waals surface area contributed by atoms with E-state index in [0.717, 1.165) is 16.7 Å². The van der Waals surface area contributed by atoms with Crippen LogP contribution in [-0.4, -0.2) is 161 Å². The predicted octanol–water partition coefficient (Wildman–Crippen LogP) is 0.163. The fourth-order valence-electron chi connectivity index (χ4n) is 8.61. The normalized spacial score (nSPS) is 37.4. The molecule has 15 heteroatoms. The molecular formula is C45H63N3O12. The van der Waals surface area contributed by atoms with Crippen LogP contribution < -0.4 is 16.0 Å². The van der Waals surface area contributed by atoms with Crippen molar-refractivity contribution in [1.82, 2.24) is 16.0 Å². The van der Waals surface area contributed by atoms with Gasteiger partial charge in [-0.15, -0.1) is 0 Å². The first kappa shape index (κ1) is 45.1. The molecule has 3 aromatic rings. The Morgan fingerprint density at radius 1 is 0.383 bits per heavy atom. The van der Waals surface area contributed by atoms with Gasteiger partial charge in [0.25, 0.3) is 0 Å². The lowest BCUT2D eigenvalue weighted by atomic mass is 9.92. The SMILES string of the molecule is O[C@@H]1[C@@H](OCc2ccccc2)[C@H](O)[C@H]2CNCC[C@H]3O[C@H](CNCC[C@H]4O[C@H](CNCC[C@H]1O2)[C@@H](O)[C@H](OCc1ccccc1)[C@H]4O)[C@@H](O)[C@H](OCc1ccccc1)[C@H]3O. The van der Waals surface area contributed by atoms with E-state index in [9.17, 15) is 30.6 Å². The Kier molecular flexibility index (Phi) is 16.9. The Morgan fingerprint density at radius 3 is 0.900 bits per heavy atom. The van der Waals surface area contributed by atoms with Crippen molar-refractivity contribution in [2.75, 3.05) is 39.3 Å². The maximum atomic E-state index is 11.5. The molecule has 4 aliphatic rings. The molecule has 9 N–H and O–H groups in total. The topological polar surface area (TPSA) is 213 Å². The highest BCUT2D eigenvalue weighted by Gasteiger charge is 2.48. The Labute approximate surface area is 351 Å². The summed E-state index contributed by atoms with van der Waals surface area (Å²) >= 11 is 0. The Balaban J connectivity index is 1.08. The van der Waals surface area contributed by atoms with E-state index >= 15 is 0 Å². The van der Waals surface area contributed by atoms with Gasteiger partial charge in [-0.25, -0.2) is 0 Å². The van der Waals surface area contributed by atoms with E-state index in [0.29, 0.717) is 38.9 Å². The third-order valence-corrected chi connectivity index (χ3v) is 12.1. The summed E-state index contributed by atoms with van der Waals surface area (Å²) in [5.74, 6) is 0. The molecule has 4 heterocycles. The first-order chi connectivity index (χ1) is 29.3. The number of aliphatic hydroxyl groups is 6. The van der Waals surface area contributed by atoms with Crippen LogP contribution in [-0.2, 0) is 48.2 Å². The molecular weight excluding hydrogens is 775 g/mol. The van der Waals surface area contributed by atoms with E-state index in [4.69, 9.17) is 28.4 Å². The summed E-state index contributed by atoms with van der Waals surface area (Å²) < 4.78 is 37.6. The quantitative estimate of drug-likeness (QED) is 0.141. The van der Waals surface area contributed by atoms with Gasteiger partial charge in [0.15, 0.2) is 0 Å². The molecule has 60 heavy (non-hydrogen) atoms. The van der Waals surface area contributed by atoms with Crippen molar-refractivity contribution in [2.45, 2.75) is 131 Å². The van der Waals surface area contributed by atoms with Gasteiger partial charge in [0.2, 0.25) is 0 Å². The molecule has 4 fully saturated rings. The van der Waals surface area contributed by atoms with E-state index in [-0.39, 0.29) is 39.5 Å². The van der Waals surface area contributed by atoms with Crippen molar-refractivity contribution in [3.8, 4) is 0 Å². The first-order valence-corrected chi connectivity index (χ1v) is 21.4. The molecule has 15 atom stereocenters. The summed E-state index contributed by atoms with van der Waals surface area (Å²) in [5, 5.41) is 79.1. The Hall–Kier alpha value is -2.94. The minimum atomic E-state index is -1.15. The molecule has 15 nitrogen and oxygen atoms in total. The average molecular weight is 838 g/mol. The lowest BCUT2D eigenvalue weighted by molar-refractivity contribution is -0.239. The molecule has 0 amide bonds. The number of ether oxygens (including phenoxy) is 6. The summed E-state index contributed by atoms with van der Waals surface area (Å²) in [5.41, 5.74) is 2.70. The fourth-order valence-corrected chi connectivity index (χ4v) is 8.61. The van der Waals surface area contributed by atoms with Crippen molar-refractivity contribution < 1.29 is 59.1 Å². The third kappa shape index (κ3) is 11.7. The number of hydrogen-bond donors (Lipinski definition) is 9. The highest BCUT2D eigenvalue weighted by Crippen LogP contribution is 2.30. The minimum absolute atomic E-state index is 0.189. The zero-order valence-corrected chi connectivity index (χ0v) is 33.9. The number of aliphatic hydroxyl groups excluding tert-OH is 6. The first-order valence-electron chi connectivity index (χ1n) is 21.4. The van der Waals surface area contributed by atoms with Gasteiger partial charge in [-0.05, 0) is 55.6 Å². The molecule has 0 aliphatic carbocycles. The molecule has 7 rings (SSSR count). The van der Waals surface area contributed by atoms with Crippen LogP contribution in [0.2, 0.25) is 0 Å². The largest absolute Gasteiger partial charge is 0.388 e. The van der Waals surface area contributed by atoms with Gasteiger partial charge >= 0.3 is 0 Å². The second kappa shape index (κ2) is 22.4. The van der Waals surface area contributed by atoms with E-state index in [2.05, 4.69) is 16.0 Å². The molecule has 4 saturated heterocycles. The number of benzene rings is 3. The molecule has 0 aromatic heterocycles. The van der Waals surface area contributed by atoms with Crippen molar-refractivity contribution in [3.63, 3.8) is 0 Å². The highest BCUT2D eigenvalue weighted by atomic mass is 16.6. The van der Waals surface area contributed by atoms with Crippen molar-refractivity contribution in [1.29, 1.82) is 0 Å². The van der Waals surface area contributed by atoms with Gasteiger partial charge in [0, 0.05) is 19.6 Å². The van der Waals surface area contributed by atoms with Gasteiger partial charge < -0.3 is 75.0 Å². The Bertz CT molecular complexity index is 1420. The van der Waals surface area contributed by atoms with Crippen LogP contribution in [0.1, 0.15) is 36.0 Å². The zero-order valence-electron chi connectivity index (χ0n) is 33.9. The van der Waals surface area contributed by atoms with Gasteiger partial charge in [0.1, 0.15) is 54.9 Å². The standard InChI is InChI=1S/C45H63N3O12/c49-37-31-16-19-47-23-35-41(53)45(57-27-30-14-8-3-9-15-30)39(51)33(60-35)18-21-48-24-36-42(54)44(56-26-29-12-6-2-7-13-29)38(50)32(59-36)17-20-46-22-34(58-31)40(52)43(37)55-25-28-10-4-1-5-11-28/h1-15,31-54H,16-27H2/t31-,32-,33-,34-,35-,36-,37+,38+,39+,40-,41-,42-,43-,44-,45-/m1/s1. The molecule has 0 saturated carbocycles. The number of nitrogens with one attached hydrogen (secondary N) is 3. The van der Waals surface area contributed by atoms with Crippen LogP contribution >= 0.6 is 0 Å². The Morgan fingerprint density at radius 2 is 0.633 bits per heavy atom. The number of rotatable bonds is 9. The monoisotopic (exact) mass is 837 g/mol. The molecule has 3 aromatic carbocycles. The van der Waals surface area contributed by atoms with Gasteiger partial charge in [-0.1, -0.05) is 91.0 Å². The van der Waals surface area contributed by atoms with E-state index in [1.54, 1.807) is 0 Å². The van der Waals surface area contributed by atoms with Gasteiger partial charge in [-0.2, -0.15) is 0 Å². The van der Waals surface area contributed by atoms with E-state index in [1.807, 2.05) is 91.0 Å². The average Bonchev–Trinajstić information content (AvgIpc) is 3.26. The summed E-state index contributed by atoms with van der Waals surface area (Å²) in [6.45, 7) is 2.39. The maximum absolute atomic E-state index is 11.5. The molecule has 330 valence electrons. The second-order valence-corrected chi connectivity index (χ2v) is 16.3. The van der Waals surface area contributed by atoms with Crippen LogP contribution in [0.5, 0.6) is 0 Å². The van der Waals surface area contributed by atoms with Crippen molar-refractivity contribution in [3.05, 3.63) is 108 Å². The summed E-state index contributed by atoms with van der Waals surface area (Å²) in [6, 6.07) is 28.6. The molecule has 0 unspecified atom stereocenters. The lowest BCUT2D eigenvalue weighted by Gasteiger charge is -2.44. The van der Waals surface area contributed by atoms with Gasteiger partial charge in [0.05, 0.1) is 56.4 Å². The lowest BCUT2D eigenvalue weighted by Crippen LogP contribution is -2.61. The third-order valence-electron chi connectivity index (χ3n) is 12.1. The minimum Gasteiger partial charge on any atom is -0.388 e. The van der Waals surface area contributed by atoms with Gasteiger partial charge in [-0.3, -0.25) is 0 Å². The fraction of sp³-hybridized carbons (Fsp3) is 0.600. The summed E-state index contributed by atoms with van der Waals surface area (Å²) in [6.07, 6.45) is -12.9. The van der Waals surface area contributed by atoms with Crippen LogP contribution in [0.15, 0.2) is 91.0 Å². The molecule has 4 aliphatic heterocycles. The van der Waals surface area contributed by atoms with Crippen LogP contribution in [0, 0.1) is 0 Å². The van der Waals surface area contributed by atoms with Crippen LogP contribution in [0.4, 0.5) is 0 Å². The van der Waals surface area contributed by atoms with E-state index < -0.39 is 91.6 Å².